The van der Waals surface area contributed by atoms with Crippen LogP contribution in [0.3, 0.4) is 0 Å². The van der Waals surface area contributed by atoms with E-state index < -0.39 is 10.0 Å². The molecule has 1 saturated heterocycles. The normalized spacial score (nSPS) is 20.1. The number of rotatable bonds is 6. The summed E-state index contributed by atoms with van der Waals surface area (Å²) >= 11 is 1.80. The molecule has 1 aromatic heterocycles. The second-order valence-electron chi connectivity index (χ2n) is 5.30. The van der Waals surface area contributed by atoms with E-state index in [2.05, 4.69) is 15.5 Å². The van der Waals surface area contributed by atoms with Gasteiger partial charge in [-0.25, -0.2) is 8.42 Å². The molecule has 1 unspecified atom stereocenters. The summed E-state index contributed by atoms with van der Waals surface area (Å²) in [5.41, 5.74) is 0.691. The summed E-state index contributed by atoms with van der Waals surface area (Å²) in [6, 6.07) is 0.378. The molecule has 1 aliphatic rings. The third kappa shape index (κ3) is 3.36. The summed E-state index contributed by atoms with van der Waals surface area (Å²) in [4.78, 5) is 0. The minimum atomic E-state index is -3.50. The summed E-state index contributed by atoms with van der Waals surface area (Å²) in [5, 5.41) is 9.98. The monoisotopic (exact) mass is 318 g/mol. The fourth-order valence-electron chi connectivity index (χ4n) is 2.11. The molecule has 20 heavy (non-hydrogen) atoms. The lowest BCUT2D eigenvalue weighted by Crippen LogP contribution is -2.37. The van der Waals surface area contributed by atoms with Crippen LogP contribution in [0.2, 0.25) is 0 Å². The highest BCUT2D eigenvalue weighted by molar-refractivity contribution is 7.99. The molecule has 1 atom stereocenters. The van der Waals surface area contributed by atoms with Crippen molar-refractivity contribution in [3.8, 4) is 0 Å². The van der Waals surface area contributed by atoms with Crippen LogP contribution in [-0.4, -0.2) is 53.6 Å². The summed E-state index contributed by atoms with van der Waals surface area (Å²) < 4.78 is 26.8. The van der Waals surface area contributed by atoms with Crippen molar-refractivity contribution in [2.75, 3.05) is 18.6 Å². The van der Waals surface area contributed by atoms with Crippen LogP contribution in [0.4, 0.5) is 0 Å². The fraction of sp³-hybridized carbons (Fsp3) is 0.750. The molecule has 0 aliphatic carbocycles. The molecule has 6 nitrogen and oxygen atoms in total. The van der Waals surface area contributed by atoms with E-state index >= 15 is 0 Å². The maximum Gasteiger partial charge on any atom is 0.260 e. The Morgan fingerprint density at radius 2 is 2.35 bits per heavy atom. The third-order valence-electron chi connectivity index (χ3n) is 3.44. The van der Waals surface area contributed by atoms with Gasteiger partial charge in [-0.2, -0.15) is 21.2 Å². The summed E-state index contributed by atoms with van der Waals surface area (Å²) in [6.07, 6.45) is 2.49. The number of aromatic nitrogens is 2. The van der Waals surface area contributed by atoms with Crippen molar-refractivity contribution in [2.24, 2.45) is 0 Å². The van der Waals surface area contributed by atoms with Crippen LogP contribution in [0.25, 0.3) is 0 Å². The number of nitrogens with one attached hydrogen (secondary N) is 2. The lowest BCUT2D eigenvalue weighted by atomic mass is 10.3. The molecule has 0 radical (unpaired) electrons. The van der Waals surface area contributed by atoms with Gasteiger partial charge in [0.15, 0.2) is 5.03 Å². The van der Waals surface area contributed by atoms with Gasteiger partial charge in [0, 0.05) is 37.0 Å². The Labute approximate surface area is 124 Å². The molecule has 114 valence electrons. The maximum absolute atomic E-state index is 12.7. The van der Waals surface area contributed by atoms with Gasteiger partial charge in [-0.15, -0.1) is 0 Å². The third-order valence-corrected chi connectivity index (χ3v) is 6.51. The lowest BCUT2D eigenvalue weighted by Gasteiger charge is -2.23. The highest BCUT2D eigenvalue weighted by Gasteiger charge is 2.32. The Kier molecular flexibility index (Phi) is 5.11. The number of aromatic amines is 1. The zero-order valence-electron chi connectivity index (χ0n) is 12.1. The first-order chi connectivity index (χ1) is 9.43. The molecular weight excluding hydrogens is 296 g/mol. The van der Waals surface area contributed by atoms with Gasteiger partial charge in [0.05, 0.1) is 6.20 Å². The summed E-state index contributed by atoms with van der Waals surface area (Å²) in [6.45, 7) is 4.54. The van der Waals surface area contributed by atoms with E-state index in [1.54, 1.807) is 25.0 Å². The Balaban J connectivity index is 2.18. The topological polar surface area (TPSA) is 78.1 Å². The zero-order chi connectivity index (χ0) is 14.8. The zero-order valence-corrected chi connectivity index (χ0v) is 13.7. The van der Waals surface area contributed by atoms with Gasteiger partial charge in [0.1, 0.15) is 0 Å². The van der Waals surface area contributed by atoms with Crippen LogP contribution >= 0.6 is 11.8 Å². The minimum Gasteiger partial charge on any atom is -0.310 e. The maximum atomic E-state index is 12.7. The van der Waals surface area contributed by atoms with Gasteiger partial charge >= 0.3 is 0 Å². The molecule has 2 heterocycles. The highest BCUT2D eigenvalue weighted by Crippen LogP contribution is 2.26. The van der Waals surface area contributed by atoms with Crippen LogP contribution in [0.5, 0.6) is 0 Å². The SMILES string of the molecule is CC(C)NCc1cn[nH]c1S(=O)(=O)N(C)C1CCSC1. The van der Waals surface area contributed by atoms with Crippen molar-refractivity contribution in [3.05, 3.63) is 11.8 Å². The average molecular weight is 318 g/mol. The van der Waals surface area contributed by atoms with Crippen LogP contribution < -0.4 is 5.32 Å². The van der Waals surface area contributed by atoms with Crippen molar-refractivity contribution in [1.82, 2.24) is 19.8 Å². The van der Waals surface area contributed by atoms with Gasteiger partial charge < -0.3 is 5.32 Å². The standard InChI is InChI=1S/C12H22N4O2S2/c1-9(2)13-6-10-7-14-15-12(10)20(17,18)16(3)11-4-5-19-8-11/h7,9,11,13H,4-6,8H2,1-3H3,(H,14,15). The number of hydrogen-bond acceptors (Lipinski definition) is 5. The van der Waals surface area contributed by atoms with Crippen LogP contribution in [0.1, 0.15) is 25.8 Å². The minimum absolute atomic E-state index is 0.0826. The number of sulfonamides is 1. The molecule has 1 aliphatic heterocycles. The average Bonchev–Trinajstić information content (AvgIpc) is 3.06. The first-order valence-corrected chi connectivity index (χ1v) is 9.34. The van der Waals surface area contributed by atoms with Gasteiger partial charge in [0.2, 0.25) is 0 Å². The van der Waals surface area contributed by atoms with Crippen molar-refractivity contribution < 1.29 is 8.42 Å². The molecule has 1 aromatic rings. The Bertz CT molecular complexity index is 535. The number of nitrogens with zero attached hydrogens (tertiary/aromatic N) is 2. The van der Waals surface area contributed by atoms with Gasteiger partial charge in [0.25, 0.3) is 10.0 Å². The molecule has 0 spiro atoms. The van der Waals surface area contributed by atoms with Crippen LogP contribution in [0.15, 0.2) is 11.2 Å². The largest absolute Gasteiger partial charge is 0.310 e. The molecule has 8 heteroatoms. The molecule has 2 N–H and O–H groups in total. The predicted octanol–water partition coefficient (Wildman–Crippen LogP) is 1.03. The first kappa shape index (κ1) is 15.8. The van der Waals surface area contributed by atoms with E-state index in [1.165, 1.54) is 4.31 Å². The van der Waals surface area contributed by atoms with E-state index in [0.717, 1.165) is 17.9 Å². The van der Waals surface area contributed by atoms with Crippen molar-refractivity contribution in [1.29, 1.82) is 0 Å². The Morgan fingerprint density at radius 1 is 1.60 bits per heavy atom. The van der Waals surface area contributed by atoms with E-state index in [9.17, 15) is 8.42 Å². The number of thioether (sulfide) groups is 1. The Hall–Kier alpha value is -0.570. The van der Waals surface area contributed by atoms with Crippen LogP contribution in [0, 0.1) is 0 Å². The molecule has 0 bridgehead atoms. The first-order valence-electron chi connectivity index (χ1n) is 6.74. The van der Waals surface area contributed by atoms with E-state index in [-0.39, 0.29) is 11.1 Å². The molecule has 0 saturated carbocycles. The van der Waals surface area contributed by atoms with Crippen molar-refractivity contribution in [2.45, 2.75) is 43.9 Å². The van der Waals surface area contributed by atoms with Crippen molar-refractivity contribution >= 4 is 21.8 Å². The quantitative estimate of drug-likeness (QED) is 0.819. The molecule has 0 amide bonds. The van der Waals surface area contributed by atoms with Gasteiger partial charge in [-0.3, -0.25) is 5.10 Å². The molecule has 1 fully saturated rings. The Morgan fingerprint density at radius 3 is 2.95 bits per heavy atom. The fourth-order valence-corrected chi connectivity index (χ4v) is 4.96. The van der Waals surface area contributed by atoms with E-state index in [1.807, 2.05) is 13.8 Å². The van der Waals surface area contributed by atoms with E-state index in [0.29, 0.717) is 18.2 Å². The number of hydrogen-bond donors (Lipinski definition) is 2. The second-order valence-corrected chi connectivity index (χ2v) is 8.38. The molecule has 2 rings (SSSR count). The smallest absolute Gasteiger partial charge is 0.260 e. The highest BCUT2D eigenvalue weighted by atomic mass is 32.2. The van der Waals surface area contributed by atoms with Crippen molar-refractivity contribution in [3.63, 3.8) is 0 Å². The number of H-pyrrole nitrogens is 1. The second kappa shape index (κ2) is 6.46. The molecule has 0 aromatic carbocycles. The molecular formula is C12H22N4O2S2. The van der Waals surface area contributed by atoms with Crippen LogP contribution in [-0.2, 0) is 16.6 Å². The summed E-state index contributed by atoms with van der Waals surface area (Å²) in [7, 11) is -1.84. The van der Waals surface area contributed by atoms with E-state index in [4.69, 9.17) is 0 Å². The van der Waals surface area contributed by atoms with Gasteiger partial charge in [-0.05, 0) is 12.2 Å². The van der Waals surface area contributed by atoms with Gasteiger partial charge in [-0.1, -0.05) is 13.8 Å². The lowest BCUT2D eigenvalue weighted by molar-refractivity contribution is 0.392. The summed E-state index contributed by atoms with van der Waals surface area (Å²) in [5.74, 6) is 1.89. The predicted molar refractivity (Wildman–Crippen MR) is 81.2 cm³/mol.